The molecule has 1 aromatic heterocycles. The van der Waals surface area contributed by atoms with Crippen LogP contribution in [0, 0.1) is 0 Å². The number of rotatable bonds is 5. The number of amides is 1. The van der Waals surface area contributed by atoms with Gasteiger partial charge in [0.1, 0.15) is 0 Å². The molecular weight excluding hydrogens is 289 g/mol. The fraction of sp³-hybridized carbons (Fsp3) is 0.538. The second-order valence-electron chi connectivity index (χ2n) is 4.15. The molecule has 0 fully saturated rings. The van der Waals surface area contributed by atoms with Crippen LogP contribution in [-0.2, 0) is 11.0 Å². The molecule has 7 heteroatoms. The van der Waals surface area contributed by atoms with E-state index in [0.717, 1.165) is 24.0 Å². The van der Waals surface area contributed by atoms with Crippen molar-refractivity contribution in [2.24, 2.45) is 0 Å². The van der Waals surface area contributed by atoms with Gasteiger partial charge in [0, 0.05) is 19.3 Å². The molecule has 1 heterocycles. The van der Waals surface area contributed by atoms with Crippen LogP contribution in [0.25, 0.3) is 0 Å². The predicted molar refractivity (Wildman–Crippen MR) is 72.5 cm³/mol. The van der Waals surface area contributed by atoms with Crippen molar-refractivity contribution in [2.75, 3.05) is 13.1 Å². The number of nitrogens with zero attached hydrogens (tertiary/aromatic N) is 2. The SMILES string of the molecule is CCN(CC)C(=O)C(C)Sc1ccc(C(F)(F)F)cn1. The maximum atomic E-state index is 12.4. The van der Waals surface area contributed by atoms with Gasteiger partial charge >= 0.3 is 6.18 Å². The van der Waals surface area contributed by atoms with Crippen LogP contribution in [0.15, 0.2) is 23.4 Å². The minimum Gasteiger partial charge on any atom is -0.342 e. The Morgan fingerprint density at radius 2 is 1.95 bits per heavy atom. The van der Waals surface area contributed by atoms with E-state index in [1.807, 2.05) is 13.8 Å². The summed E-state index contributed by atoms with van der Waals surface area (Å²) in [6.07, 6.45) is -3.60. The lowest BCUT2D eigenvalue weighted by molar-refractivity contribution is -0.138. The fourth-order valence-corrected chi connectivity index (χ4v) is 2.51. The molecule has 0 saturated carbocycles. The molecule has 0 aliphatic carbocycles. The lowest BCUT2D eigenvalue weighted by atomic mass is 10.3. The third-order valence-electron chi connectivity index (χ3n) is 2.78. The van der Waals surface area contributed by atoms with Crippen LogP contribution in [0.3, 0.4) is 0 Å². The Hall–Kier alpha value is -1.24. The monoisotopic (exact) mass is 306 g/mol. The second kappa shape index (κ2) is 6.97. The van der Waals surface area contributed by atoms with Gasteiger partial charge in [0.25, 0.3) is 0 Å². The van der Waals surface area contributed by atoms with Gasteiger partial charge in [-0.1, -0.05) is 11.8 Å². The molecule has 0 N–H and O–H groups in total. The first-order valence-corrected chi connectivity index (χ1v) is 7.16. The Labute approximate surface area is 120 Å². The van der Waals surface area contributed by atoms with E-state index in [0.29, 0.717) is 18.1 Å². The number of thioether (sulfide) groups is 1. The zero-order valence-electron chi connectivity index (χ0n) is 11.6. The number of aromatic nitrogens is 1. The van der Waals surface area contributed by atoms with Crippen molar-refractivity contribution < 1.29 is 18.0 Å². The van der Waals surface area contributed by atoms with Crippen molar-refractivity contribution in [1.82, 2.24) is 9.88 Å². The molecule has 3 nitrogen and oxygen atoms in total. The Morgan fingerprint density at radius 1 is 1.35 bits per heavy atom. The molecule has 1 amide bonds. The van der Waals surface area contributed by atoms with Crippen molar-refractivity contribution in [3.8, 4) is 0 Å². The van der Waals surface area contributed by atoms with E-state index >= 15 is 0 Å². The van der Waals surface area contributed by atoms with E-state index in [1.54, 1.807) is 11.8 Å². The molecular formula is C13H17F3N2OS. The Kier molecular flexibility index (Phi) is 5.86. The minimum absolute atomic E-state index is 0.0401. The van der Waals surface area contributed by atoms with Gasteiger partial charge in [0.15, 0.2) is 0 Å². The number of carbonyl (C=O) groups excluding carboxylic acids is 1. The number of carbonyl (C=O) groups is 1. The van der Waals surface area contributed by atoms with Crippen LogP contribution in [0.5, 0.6) is 0 Å². The van der Waals surface area contributed by atoms with Crippen LogP contribution in [0.2, 0.25) is 0 Å². The van der Waals surface area contributed by atoms with E-state index < -0.39 is 11.7 Å². The van der Waals surface area contributed by atoms with Crippen LogP contribution >= 0.6 is 11.8 Å². The van der Waals surface area contributed by atoms with Crippen molar-refractivity contribution in [3.05, 3.63) is 23.9 Å². The lowest BCUT2D eigenvalue weighted by Gasteiger charge is -2.22. The summed E-state index contributed by atoms with van der Waals surface area (Å²) < 4.78 is 37.2. The fourth-order valence-electron chi connectivity index (χ4n) is 1.64. The highest BCUT2D eigenvalue weighted by molar-refractivity contribution is 8.00. The summed E-state index contributed by atoms with van der Waals surface area (Å²) in [5, 5.41) is 0.0325. The van der Waals surface area contributed by atoms with E-state index in [-0.39, 0.29) is 11.2 Å². The first kappa shape index (κ1) is 16.8. The first-order valence-electron chi connectivity index (χ1n) is 6.28. The largest absolute Gasteiger partial charge is 0.417 e. The number of hydrogen-bond acceptors (Lipinski definition) is 3. The van der Waals surface area contributed by atoms with Crippen LogP contribution in [0.4, 0.5) is 13.2 Å². The smallest absolute Gasteiger partial charge is 0.342 e. The highest BCUT2D eigenvalue weighted by atomic mass is 32.2. The average Bonchev–Trinajstić information content (AvgIpc) is 2.39. The van der Waals surface area contributed by atoms with Gasteiger partial charge in [0.05, 0.1) is 15.8 Å². The van der Waals surface area contributed by atoms with Gasteiger partial charge in [-0.15, -0.1) is 0 Å². The Bertz CT molecular complexity index is 444. The summed E-state index contributed by atoms with van der Waals surface area (Å²) in [5.41, 5.74) is -0.787. The normalized spacial score (nSPS) is 13.1. The highest BCUT2D eigenvalue weighted by Gasteiger charge is 2.30. The van der Waals surface area contributed by atoms with E-state index in [9.17, 15) is 18.0 Å². The van der Waals surface area contributed by atoms with Crippen molar-refractivity contribution in [2.45, 2.75) is 37.2 Å². The number of alkyl halides is 3. The first-order chi connectivity index (χ1) is 9.29. The number of halogens is 3. The molecule has 1 rings (SSSR count). The van der Waals surface area contributed by atoms with E-state index in [1.165, 1.54) is 6.07 Å². The topological polar surface area (TPSA) is 33.2 Å². The van der Waals surface area contributed by atoms with Crippen LogP contribution < -0.4 is 0 Å². The Balaban J connectivity index is 2.71. The van der Waals surface area contributed by atoms with Gasteiger partial charge < -0.3 is 4.90 Å². The second-order valence-corrected chi connectivity index (χ2v) is 5.51. The van der Waals surface area contributed by atoms with E-state index in [2.05, 4.69) is 4.98 Å². The molecule has 0 aromatic carbocycles. The third kappa shape index (κ3) is 4.40. The summed E-state index contributed by atoms with van der Waals surface area (Å²) in [6.45, 7) is 6.72. The summed E-state index contributed by atoms with van der Waals surface area (Å²) in [6, 6.07) is 2.27. The van der Waals surface area contributed by atoms with Crippen molar-refractivity contribution in [3.63, 3.8) is 0 Å². The molecule has 0 bridgehead atoms. The summed E-state index contributed by atoms with van der Waals surface area (Å²) >= 11 is 1.16. The summed E-state index contributed by atoms with van der Waals surface area (Å²) in [7, 11) is 0. The molecule has 0 saturated heterocycles. The van der Waals surface area contributed by atoms with Gasteiger partial charge in [-0.2, -0.15) is 13.2 Å². The third-order valence-corrected chi connectivity index (χ3v) is 3.82. The maximum absolute atomic E-state index is 12.4. The molecule has 20 heavy (non-hydrogen) atoms. The molecule has 0 radical (unpaired) electrons. The van der Waals surface area contributed by atoms with Crippen LogP contribution in [-0.4, -0.2) is 34.1 Å². The maximum Gasteiger partial charge on any atom is 0.417 e. The molecule has 1 aromatic rings. The van der Waals surface area contributed by atoms with Crippen molar-refractivity contribution >= 4 is 17.7 Å². The van der Waals surface area contributed by atoms with Gasteiger partial charge in [0.2, 0.25) is 5.91 Å². The Morgan fingerprint density at radius 3 is 2.35 bits per heavy atom. The quantitative estimate of drug-likeness (QED) is 0.781. The molecule has 0 aliphatic rings. The summed E-state index contributed by atoms with van der Waals surface area (Å²) in [4.78, 5) is 17.5. The van der Waals surface area contributed by atoms with Crippen molar-refractivity contribution in [1.29, 1.82) is 0 Å². The highest BCUT2D eigenvalue weighted by Crippen LogP contribution is 2.30. The summed E-state index contributed by atoms with van der Waals surface area (Å²) in [5.74, 6) is -0.0401. The predicted octanol–water partition coefficient (Wildman–Crippen LogP) is 3.45. The molecule has 1 atom stereocenters. The molecule has 112 valence electrons. The van der Waals surface area contributed by atoms with Gasteiger partial charge in [-0.05, 0) is 32.9 Å². The van der Waals surface area contributed by atoms with Gasteiger partial charge in [-0.25, -0.2) is 4.98 Å². The minimum atomic E-state index is -4.39. The standard InChI is InChI=1S/C13H17F3N2OS/c1-4-18(5-2)12(19)9(3)20-11-7-6-10(8-17-11)13(14,15)16/h6-9H,4-5H2,1-3H3. The zero-order chi connectivity index (χ0) is 15.3. The molecule has 1 unspecified atom stereocenters. The van der Waals surface area contributed by atoms with Gasteiger partial charge in [-0.3, -0.25) is 4.79 Å². The molecule has 0 aliphatic heterocycles. The van der Waals surface area contributed by atoms with Crippen LogP contribution in [0.1, 0.15) is 26.3 Å². The van der Waals surface area contributed by atoms with E-state index in [4.69, 9.17) is 0 Å². The zero-order valence-corrected chi connectivity index (χ0v) is 12.4. The number of hydrogen-bond donors (Lipinski definition) is 0. The number of pyridine rings is 1. The lowest BCUT2D eigenvalue weighted by Crippen LogP contribution is -2.36. The average molecular weight is 306 g/mol. The molecule has 0 spiro atoms.